The summed E-state index contributed by atoms with van der Waals surface area (Å²) in [7, 11) is 0. The highest BCUT2D eigenvalue weighted by molar-refractivity contribution is 5.49. The molecule has 1 fully saturated rings. The lowest BCUT2D eigenvalue weighted by molar-refractivity contribution is 0.0807. The zero-order valence-corrected chi connectivity index (χ0v) is 9.89. The van der Waals surface area contributed by atoms with E-state index in [1.165, 1.54) is 0 Å². The zero-order valence-electron chi connectivity index (χ0n) is 9.89. The van der Waals surface area contributed by atoms with E-state index in [4.69, 9.17) is 9.26 Å². The average Bonchev–Trinajstić information content (AvgIpc) is 2.98. The Kier molecular flexibility index (Phi) is 2.59. The predicted molar refractivity (Wildman–Crippen MR) is 60.5 cm³/mol. The van der Waals surface area contributed by atoms with Gasteiger partial charge in [-0.3, -0.25) is 4.98 Å². The summed E-state index contributed by atoms with van der Waals surface area (Å²) in [5, 5.41) is 3.77. The van der Waals surface area contributed by atoms with E-state index in [0.717, 1.165) is 5.56 Å². The van der Waals surface area contributed by atoms with Gasteiger partial charge >= 0.3 is 0 Å². The van der Waals surface area contributed by atoms with Gasteiger partial charge in [-0.15, -0.1) is 0 Å². The number of rotatable bonds is 2. The van der Waals surface area contributed by atoms with E-state index in [0.29, 0.717) is 18.1 Å². The Bertz CT molecular complexity index is 564. The van der Waals surface area contributed by atoms with E-state index in [1.54, 1.807) is 6.20 Å². The van der Waals surface area contributed by atoms with Gasteiger partial charge in [0.1, 0.15) is 5.69 Å². The molecule has 0 bridgehead atoms. The molecule has 1 aliphatic heterocycles. The predicted octanol–water partition coefficient (Wildman–Crippen LogP) is 2.03. The first-order valence-corrected chi connectivity index (χ1v) is 5.71. The number of nitrogens with zero attached hydrogens (tertiary/aromatic N) is 3. The molecule has 2 aromatic heterocycles. The van der Waals surface area contributed by atoms with Crippen molar-refractivity contribution in [2.75, 3.05) is 13.2 Å². The fraction of sp³-hybridized carbons (Fsp3) is 0.417. The Morgan fingerprint density at radius 1 is 1.44 bits per heavy atom. The summed E-state index contributed by atoms with van der Waals surface area (Å²) in [4.78, 5) is 8.21. The number of hydrogen-bond donors (Lipinski definition) is 0. The van der Waals surface area contributed by atoms with Crippen molar-refractivity contribution in [2.45, 2.75) is 19.0 Å². The first-order chi connectivity index (χ1) is 8.67. The van der Waals surface area contributed by atoms with E-state index in [2.05, 4.69) is 15.1 Å². The molecule has 0 saturated carbocycles. The molecule has 0 amide bonds. The normalized spacial score (nSPS) is 23.4. The molecular formula is C12H12FN3O2. The van der Waals surface area contributed by atoms with Crippen LogP contribution >= 0.6 is 0 Å². The summed E-state index contributed by atoms with van der Waals surface area (Å²) in [6, 6.07) is 3.69. The summed E-state index contributed by atoms with van der Waals surface area (Å²) in [6.07, 6.45) is 1.90. The van der Waals surface area contributed by atoms with Gasteiger partial charge in [-0.2, -0.15) is 4.98 Å². The van der Waals surface area contributed by atoms with Crippen molar-refractivity contribution in [2.24, 2.45) is 0 Å². The minimum atomic E-state index is -1.66. The Balaban J connectivity index is 1.94. The largest absolute Gasteiger partial charge is 0.377 e. The van der Waals surface area contributed by atoms with E-state index in [9.17, 15) is 4.39 Å². The van der Waals surface area contributed by atoms with Gasteiger partial charge in [-0.1, -0.05) is 5.16 Å². The first kappa shape index (κ1) is 11.3. The smallest absolute Gasteiger partial charge is 0.267 e. The summed E-state index contributed by atoms with van der Waals surface area (Å²) in [6.45, 7) is 2.28. The van der Waals surface area contributed by atoms with E-state index >= 15 is 0 Å². The van der Waals surface area contributed by atoms with Crippen molar-refractivity contribution in [3.05, 3.63) is 29.8 Å². The Labute approximate surface area is 103 Å². The van der Waals surface area contributed by atoms with E-state index in [-0.39, 0.29) is 18.9 Å². The second kappa shape index (κ2) is 4.13. The van der Waals surface area contributed by atoms with Crippen LogP contribution in [-0.4, -0.2) is 28.3 Å². The molecule has 6 heteroatoms. The number of ether oxygens (including phenoxy) is 1. The Morgan fingerprint density at radius 2 is 2.33 bits per heavy atom. The Hall–Kier alpha value is -1.82. The minimum absolute atomic E-state index is 0.0293. The van der Waals surface area contributed by atoms with Crippen LogP contribution in [0.2, 0.25) is 0 Å². The van der Waals surface area contributed by atoms with E-state index in [1.807, 2.05) is 19.1 Å². The molecule has 0 spiro atoms. The second-order valence-corrected chi connectivity index (χ2v) is 4.41. The third-order valence-corrected chi connectivity index (χ3v) is 2.93. The highest BCUT2D eigenvalue weighted by Crippen LogP contribution is 2.34. The lowest BCUT2D eigenvalue weighted by Gasteiger charge is -2.09. The SMILES string of the molecule is Cc1ccnc(-c2noc(C3(F)CCOC3)n2)c1. The maximum atomic E-state index is 14.3. The molecule has 0 N–H and O–H groups in total. The molecule has 2 aromatic rings. The summed E-state index contributed by atoms with van der Waals surface area (Å²) >= 11 is 0. The van der Waals surface area contributed by atoms with Crippen LogP contribution in [-0.2, 0) is 10.4 Å². The quantitative estimate of drug-likeness (QED) is 0.814. The van der Waals surface area contributed by atoms with Crippen molar-refractivity contribution in [3.63, 3.8) is 0 Å². The number of hydrogen-bond acceptors (Lipinski definition) is 5. The average molecular weight is 249 g/mol. The van der Waals surface area contributed by atoms with Crippen molar-refractivity contribution >= 4 is 0 Å². The van der Waals surface area contributed by atoms with Gasteiger partial charge in [0.25, 0.3) is 5.89 Å². The van der Waals surface area contributed by atoms with Crippen molar-refractivity contribution in [1.29, 1.82) is 0 Å². The van der Waals surface area contributed by atoms with Gasteiger partial charge in [0, 0.05) is 12.6 Å². The molecule has 0 radical (unpaired) electrons. The number of aryl methyl sites for hydroxylation is 1. The van der Waals surface area contributed by atoms with Gasteiger partial charge in [-0.25, -0.2) is 4.39 Å². The van der Waals surface area contributed by atoms with Gasteiger partial charge in [-0.05, 0) is 24.6 Å². The molecule has 0 aliphatic carbocycles. The number of alkyl halides is 1. The molecule has 1 aliphatic rings. The molecule has 3 heterocycles. The molecule has 1 saturated heterocycles. The molecule has 1 atom stereocenters. The standard InChI is InChI=1S/C12H12FN3O2/c1-8-2-4-14-9(6-8)10-15-11(18-16-10)12(13)3-5-17-7-12/h2,4,6H,3,5,7H2,1H3. The molecule has 18 heavy (non-hydrogen) atoms. The lowest BCUT2D eigenvalue weighted by Crippen LogP contribution is -2.20. The van der Waals surface area contributed by atoms with Crippen LogP contribution in [0.1, 0.15) is 17.9 Å². The van der Waals surface area contributed by atoms with Crippen molar-refractivity contribution in [1.82, 2.24) is 15.1 Å². The van der Waals surface area contributed by atoms with Crippen LogP contribution in [0.5, 0.6) is 0 Å². The van der Waals surface area contributed by atoms with Crippen LogP contribution in [0.3, 0.4) is 0 Å². The topological polar surface area (TPSA) is 61.0 Å². The summed E-state index contributed by atoms with van der Waals surface area (Å²) in [5.41, 5.74) is -0.0484. The molecule has 94 valence electrons. The highest BCUT2D eigenvalue weighted by Gasteiger charge is 2.42. The third-order valence-electron chi connectivity index (χ3n) is 2.93. The van der Waals surface area contributed by atoms with Gasteiger partial charge in [0.15, 0.2) is 0 Å². The van der Waals surface area contributed by atoms with Gasteiger partial charge in [0.2, 0.25) is 11.5 Å². The minimum Gasteiger partial charge on any atom is -0.377 e. The summed E-state index contributed by atoms with van der Waals surface area (Å²) < 4.78 is 24.3. The second-order valence-electron chi connectivity index (χ2n) is 4.41. The maximum Gasteiger partial charge on any atom is 0.267 e. The van der Waals surface area contributed by atoms with Crippen LogP contribution in [0.25, 0.3) is 11.5 Å². The zero-order chi connectivity index (χ0) is 12.6. The van der Waals surface area contributed by atoms with Crippen LogP contribution in [0, 0.1) is 6.92 Å². The highest BCUT2D eigenvalue weighted by atomic mass is 19.1. The van der Waals surface area contributed by atoms with Crippen molar-refractivity contribution < 1.29 is 13.7 Å². The van der Waals surface area contributed by atoms with Crippen LogP contribution in [0.4, 0.5) is 4.39 Å². The van der Waals surface area contributed by atoms with Crippen LogP contribution in [0.15, 0.2) is 22.9 Å². The lowest BCUT2D eigenvalue weighted by atomic mass is 10.1. The maximum absolute atomic E-state index is 14.3. The van der Waals surface area contributed by atoms with Crippen molar-refractivity contribution in [3.8, 4) is 11.5 Å². The third kappa shape index (κ3) is 1.88. The Morgan fingerprint density at radius 3 is 3.06 bits per heavy atom. The molecular weight excluding hydrogens is 237 g/mol. The number of pyridine rings is 1. The monoisotopic (exact) mass is 249 g/mol. The first-order valence-electron chi connectivity index (χ1n) is 5.71. The fourth-order valence-electron chi connectivity index (χ4n) is 1.88. The fourth-order valence-corrected chi connectivity index (χ4v) is 1.88. The number of aromatic nitrogens is 3. The van der Waals surface area contributed by atoms with Gasteiger partial charge in [0.05, 0.1) is 13.2 Å². The van der Waals surface area contributed by atoms with E-state index < -0.39 is 5.67 Å². The molecule has 5 nitrogen and oxygen atoms in total. The molecule has 0 aromatic carbocycles. The number of halogens is 1. The molecule has 3 rings (SSSR count). The van der Waals surface area contributed by atoms with Crippen LogP contribution < -0.4 is 0 Å². The molecule has 1 unspecified atom stereocenters. The van der Waals surface area contributed by atoms with Gasteiger partial charge < -0.3 is 9.26 Å². The summed E-state index contributed by atoms with van der Waals surface area (Å²) in [5.74, 6) is 0.274.